The van der Waals surface area contributed by atoms with Crippen LogP contribution in [0.4, 0.5) is 0 Å². The van der Waals surface area contributed by atoms with Crippen molar-refractivity contribution in [2.24, 2.45) is 5.92 Å². The van der Waals surface area contributed by atoms with Crippen molar-refractivity contribution in [3.63, 3.8) is 0 Å². The van der Waals surface area contributed by atoms with Gasteiger partial charge in [0.25, 0.3) is 0 Å². The first-order chi connectivity index (χ1) is 11.4. The van der Waals surface area contributed by atoms with Crippen LogP contribution in [0.1, 0.15) is 36.8 Å². The summed E-state index contributed by atoms with van der Waals surface area (Å²) >= 11 is 0. The molecule has 0 aromatic heterocycles. The van der Waals surface area contributed by atoms with Gasteiger partial charge in [0.1, 0.15) is 0 Å². The van der Waals surface area contributed by atoms with Crippen LogP contribution in [0, 0.1) is 5.92 Å². The van der Waals surface area contributed by atoms with E-state index in [1.165, 1.54) is 30.4 Å². The summed E-state index contributed by atoms with van der Waals surface area (Å²) in [4.78, 5) is 0. The van der Waals surface area contributed by atoms with Crippen molar-refractivity contribution in [2.75, 3.05) is 6.61 Å². The van der Waals surface area contributed by atoms with Gasteiger partial charge in [-0.05, 0) is 36.3 Å². The minimum Gasteiger partial charge on any atom is -0.376 e. The molecular weight excluding hydrogens is 284 g/mol. The summed E-state index contributed by atoms with van der Waals surface area (Å²) in [5, 5.41) is 0. The summed E-state index contributed by atoms with van der Waals surface area (Å²) < 4.78 is 12.0. The molecule has 0 N–H and O–H groups in total. The third kappa shape index (κ3) is 5.49. The Kier molecular flexibility index (Phi) is 6.25. The largest absolute Gasteiger partial charge is 0.376 e. The van der Waals surface area contributed by atoms with Crippen LogP contribution >= 0.6 is 0 Å². The van der Waals surface area contributed by atoms with Gasteiger partial charge in [0.2, 0.25) is 0 Å². The lowest BCUT2D eigenvalue weighted by atomic mass is 9.88. The highest BCUT2D eigenvalue weighted by atomic mass is 16.5. The van der Waals surface area contributed by atoms with E-state index in [9.17, 15) is 0 Å². The molecule has 1 unspecified atom stereocenters. The molecule has 1 aliphatic rings. The Bertz CT molecular complexity index is 553. The fourth-order valence-electron chi connectivity index (χ4n) is 3.25. The molecule has 2 aromatic rings. The van der Waals surface area contributed by atoms with Gasteiger partial charge in [0.05, 0.1) is 19.3 Å². The molecule has 0 aliphatic heterocycles. The summed E-state index contributed by atoms with van der Waals surface area (Å²) in [6.07, 6.45) is 5.21. The van der Waals surface area contributed by atoms with E-state index < -0.39 is 0 Å². The van der Waals surface area contributed by atoms with Crippen molar-refractivity contribution in [1.29, 1.82) is 0 Å². The highest BCUT2D eigenvalue weighted by Crippen LogP contribution is 2.27. The first kappa shape index (κ1) is 16.2. The third-order valence-corrected chi connectivity index (χ3v) is 4.53. The maximum Gasteiger partial charge on any atom is 0.0720 e. The van der Waals surface area contributed by atoms with E-state index in [4.69, 9.17) is 9.47 Å². The molecule has 0 saturated heterocycles. The van der Waals surface area contributed by atoms with Crippen LogP contribution in [0.5, 0.6) is 0 Å². The monoisotopic (exact) mass is 310 g/mol. The molecule has 122 valence electrons. The molecule has 1 saturated carbocycles. The third-order valence-electron chi connectivity index (χ3n) is 4.53. The Morgan fingerprint density at radius 2 is 1.43 bits per heavy atom. The lowest BCUT2D eigenvalue weighted by Gasteiger charge is -2.29. The Morgan fingerprint density at radius 1 is 0.783 bits per heavy atom. The summed E-state index contributed by atoms with van der Waals surface area (Å²) in [6, 6.07) is 20.8. The Labute approximate surface area is 139 Å². The maximum atomic E-state index is 6.11. The second-order valence-corrected chi connectivity index (χ2v) is 6.45. The van der Waals surface area contributed by atoms with Crippen molar-refractivity contribution in [2.45, 2.75) is 45.0 Å². The van der Waals surface area contributed by atoms with E-state index in [2.05, 4.69) is 48.5 Å². The van der Waals surface area contributed by atoms with Gasteiger partial charge in [-0.2, -0.15) is 0 Å². The molecule has 2 heteroatoms. The SMILES string of the molecule is c1ccc(COCC2CCC[C@H](OCc3ccccc3)C2)cc1. The predicted molar refractivity (Wildman–Crippen MR) is 93.1 cm³/mol. The molecule has 1 fully saturated rings. The first-order valence-electron chi connectivity index (χ1n) is 8.67. The van der Waals surface area contributed by atoms with Gasteiger partial charge in [-0.3, -0.25) is 0 Å². The molecule has 3 rings (SSSR count). The Balaban J connectivity index is 1.38. The van der Waals surface area contributed by atoms with Crippen LogP contribution in [0.25, 0.3) is 0 Å². The van der Waals surface area contributed by atoms with Crippen LogP contribution < -0.4 is 0 Å². The number of rotatable bonds is 7. The quantitative estimate of drug-likeness (QED) is 0.718. The second-order valence-electron chi connectivity index (χ2n) is 6.45. The normalized spacial score (nSPS) is 21.2. The van der Waals surface area contributed by atoms with Gasteiger partial charge in [-0.1, -0.05) is 67.1 Å². The number of ether oxygens (including phenoxy) is 2. The fraction of sp³-hybridized carbons (Fsp3) is 0.429. The van der Waals surface area contributed by atoms with Crippen LogP contribution in [-0.4, -0.2) is 12.7 Å². The average Bonchev–Trinajstić information content (AvgIpc) is 2.62. The van der Waals surface area contributed by atoms with Crippen LogP contribution in [-0.2, 0) is 22.7 Å². The summed E-state index contributed by atoms with van der Waals surface area (Å²) in [6.45, 7) is 2.29. The van der Waals surface area contributed by atoms with Gasteiger partial charge < -0.3 is 9.47 Å². The molecule has 0 heterocycles. The highest BCUT2D eigenvalue weighted by molar-refractivity contribution is 5.14. The van der Waals surface area contributed by atoms with Crippen molar-refractivity contribution in [3.05, 3.63) is 71.8 Å². The van der Waals surface area contributed by atoms with Gasteiger partial charge >= 0.3 is 0 Å². The first-order valence-corrected chi connectivity index (χ1v) is 8.67. The predicted octanol–water partition coefficient (Wildman–Crippen LogP) is 4.98. The van der Waals surface area contributed by atoms with E-state index >= 15 is 0 Å². The zero-order valence-corrected chi connectivity index (χ0v) is 13.7. The van der Waals surface area contributed by atoms with E-state index in [0.29, 0.717) is 18.6 Å². The standard InChI is InChI=1S/C21H26O2/c1-3-8-18(9-4-1)15-22-16-20-12-7-13-21(14-20)23-17-19-10-5-2-6-11-19/h1-6,8-11,20-21H,7,12-17H2/t20?,21-/m0/s1. The molecule has 1 aliphatic carbocycles. The molecule has 0 amide bonds. The topological polar surface area (TPSA) is 18.5 Å². The van der Waals surface area contributed by atoms with Gasteiger partial charge in [0.15, 0.2) is 0 Å². The smallest absolute Gasteiger partial charge is 0.0720 e. The minimum absolute atomic E-state index is 0.384. The lowest BCUT2D eigenvalue weighted by Crippen LogP contribution is -2.25. The van der Waals surface area contributed by atoms with Crippen LogP contribution in [0.15, 0.2) is 60.7 Å². The molecule has 23 heavy (non-hydrogen) atoms. The van der Waals surface area contributed by atoms with Crippen molar-refractivity contribution >= 4 is 0 Å². The molecule has 2 aromatic carbocycles. The van der Waals surface area contributed by atoms with Gasteiger partial charge in [0, 0.05) is 6.61 Å². The zero-order chi connectivity index (χ0) is 15.7. The molecule has 0 radical (unpaired) electrons. The van der Waals surface area contributed by atoms with Crippen LogP contribution in [0.3, 0.4) is 0 Å². The van der Waals surface area contributed by atoms with Gasteiger partial charge in [-0.15, -0.1) is 0 Å². The molecule has 0 bridgehead atoms. The van der Waals surface area contributed by atoms with Gasteiger partial charge in [-0.25, -0.2) is 0 Å². The van der Waals surface area contributed by atoms with Crippen LogP contribution in [0.2, 0.25) is 0 Å². The maximum absolute atomic E-state index is 6.11. The summed E-state index contributed by atoms with van der Waals surface area (Å²) in [5.41, 5.74) is 2.51. The average molecular weight is 310 g/mol. The number of benzene rings is 2. The van der Waals surface area contributed by atoms with E-state index in [1.807, 2.05) is 12.1 Å². The number of hydrogen-bond acceptors (Lipinski definition) is 2. The molecule has 0 spiro atoms. The minimum atomic E-state index is 0.384. The fourth-order valence-corrected chi connectivity index (χ4v) is 3.25. The molecular formula is C21H26O2. The Morgan fingerprint density at radius 3 is 2.13 bits per heavy atom. The zero-order valence-electron chi connectivity index (χ0n) is 13.7. The molecule has 2 nitrogen and oxygen atoms in total. The van der Waals surface area contributed by atoms with E-state index in [1.54, 1.807) is 0 Å². The molecule has 2 atom stereocenters. The van der Waals surface area contributed by atoms with Crippen molar-refractivity contribution in [1.82, 2.24) is 0 Å². The highest BCUT2D eigenvalue weighted by Gasteiger charge is 2.22. The van der Waals surface area contributed by atoms with E-state index in [-0.39, 0.29) is 0 Å². The Hall–Kier alpha value is -1.64. The number of hydrogen-bond donors (Lipinski definition) is 0. The summed E-state index contributed by atoms with van der Waals surface area (Å²) in [5.74, 6) is 0.633. The lowest BCUT2D eigenvalue weighted by molar-refractivity contribution is -0.0176. The summed E-state index contributed by atoms with van der Waals surface area (Å²) in [7, 11) is 0. The van der Waals surface area contributed by atoms with Crippen molar-refractivity contribution in [3.8, 4) is 0 Å². The van der Waals surface area contributed by atoms with E-state index in [0.717, 1.165) is 19.6 Å². The second kappa shape index (κ2) is 8.85. The van der Waals surface area contributed by atoms with Crippen molar-refractivity contribution < 1.29 is 9.47 Å².